The minimum absolute atomic E-state index is 0.197. The zero-order valence-electron chi connectivity index (χ0n) is 19.6. The van der Waals surface area contributed by atoms with E-state index in [1.807, 2.05) is 38.1 Å². The molecule has 0 unspecified atom stereocenters. The summed E-state index contributed by atoms with van der Waals surface area (Å²) in [6, 6.07) is 13.7. The van der Waals surface area contributed by atoms with Crippen LogP contribution in [0.15, 0.2) is 77.6 Å². The third-order valence-electron chi connectivity index (χ3n) is 6.34. The molecule has 0 radical (unpaired) electrons. The van der Waals surface area contributed by atoms with Crippen LogP contribution in [0.3, 0.4) is 0 Å². The van der Waals surface area contributed by atoms with Crippen LogP contribution < -0.4 is 4.74 Å². The van der Waals surface area contributed by atoms with E-state index >= 15 is 0 Å². The number of hydrogen-bond donors (Lipinski definition) is 1. The van der Waals surface area contributed by atoms with Crippen molar-refractivity contribution in [1.29, 1.82) is 0 Å². The van der Waals surface area contributed by atoms with Crippen LogP contribution in [0.2, 0.25) is 0 Å². The van der Waals surface area contributed by atoms with E-state index in [1.54, 1.807) is 17.4 Å². The standard InChI is InChI=1S/C29H25NO3S/c1-16-9-12-20(13-10-16)19(4)33-24-14-11-17(2)27-26(24)22(29(31)32)15-23(30-27)28-18(3)21-7-5-6-8-25(21)34-28/h5-12,14-15H,13H2,1-4H3,(H,31,32). The highest BCUT2D eigenvalue weighted by Crippen LogP contribution is 2.40. The Balaban J connectivity index is 1.69. The average molecular weight is 468 g/mol. The van der Waals surface area contributed by atoms with Gasteiger partial charge in [-0.15, -0.1) is 11.3 Å². The van der Waals surface area contributed by atoms with Gasteiger partial charge in [0.05, 0.1) is 27.0 Å². The Labute approximate surface area is 202 Å². The predicted molar refractivity (Wildman–Crippen MR) is 140 cm³/mol. The number of rotatable bonds is 4. The van der Waals surface area contributed by atoms with Gasteiger partial charge in [0.15, 0.2) is 0 Å². The lowest BCUT2D eigenvalue weighted by molar-refractivity contribution is 0.0698. The molecule has 0 fully saturated rings. The highest BCUT2D eigenvalue weighted by Gasteiger charge is 2.21. The summed E-state index contributed by atoms with van der Waals surface area (Å²) in [5.41, 5.74) is 5.84. The van der Waals surface area contributed by atoms with E-state index < -0.39 is 5.97 Å². The molecule has 0 spiro atoms. The third kappa shape index (κ3) is 3.82. The van der Waals surface area contributed by atoms with E-state index in [4.69, 9.17) is 9.72 Å². The lowest BCUT2D eigenvalue weighted by atomic mass is 10.0. The molecule has 2 heterocycles. The summed E-state index contributed by atoms with van der Waals surface area (Å²) in [5.74, 6) is 0.269. The van der Waals surface area contributed by atoms with Gasteiger partial charge in [-0.25, -0.2) is 9.78 Å². The molecule has 34 heavy (non-hydrogen) atoms. The number of nitrogens with zero attached hydrogens (tertiary/aromatic N) is 1. The number of carbonyl (C=O) groups is 1. The molecule has 2 aromatic heterocycles. The zero-order chi connectivity index (χ0) is 24.0. The number of carboxylic acids is 1. The minimum Gasteiger partial charge on any atom is -0.478 e. The van der Waals surface area contributed by atoms with Gasteiger partial charge >= 0.3 is 5.97 Å². The number of pyridine rings is 1. The number of ether oxygens (including phenoxy) is 1. The van der Waals surface area contributed by atoms with Crippen molar-refractivity contribution in [2.45, 2.75) is 34.1 Å². The first-order valence-corrected chi connectivity index (χ1v) is 12.0. The van der Waals surface area contributed by atoms with Crippen molar-refractivity contribution in [3.8, 4) is 16.3 Å². The van der Waals surface area contributed by atoms with Gasteiger partial charge in [0.25, 0.3) is 0 Å². The van der Waals surface area contributed by atoms with Crippen molar-refractivity contribution in [2.75, 3.05) is 0 Å². The summed E-state index contributed by atoms with van der Waals surface area (Å²) in [5, 5.41) is 11.9. The van der Waals surface area contributed by atoms with Crippen LogP contribution >= 0.6 is 11.3 Å². The van der Waals surface area contributed by atoms with Crippen LogP contribution in [0, 0.1) is 13.8 Å². The third-order valence-corrected chi connectivity index (χ3v) is 7.63. The molecule has 5 heteroatoms. The van der Waals surface area contributed by atoms with Gasteiger partial charge in [0, 0.05) is 4.70 Å². The van der Waals surface area contributed by atoms with Gasteiger partial charge in [-0.1, -0.05) is 48.1 Å². The fourth-order valence-corrected chi connectivity index (χ4v) is 5.53. The Morgan fingerprint density at radius 1 is 1.09 bits per heavy atom. The summed E-state index contributed by atoms with van der Waals surface area (Å²) in [7, 11) is 0. The van der Waals surface area contributed by atoms with Crippen LogP contribution in [-0.4, -0.2) is 16.1 Å². The minimum atomic E-state index is -0.996. The molecule has 0 saturated heterocycles. The predicted octanol–water partition coefficient (Wildman–Crippen LogP) is 7.99. The SMILES string of the molecule is CC1=CCC(=C(C)Oc2ccc(C)c3nc(-c4sc5ccccc5c4C)cc(C(=O)O)c23)C=C1. The van der Waals surface area contributed by atoms with Crippen LogP contribution in [0.4, 0.5) is 0 Å². The number of hydrogen-bond acceptors (Lipinski definition) is 4. The molecule has 0 bridgehead atoms. The van der Waals surface area contributed by atoms with Crippen molar-refractivity contribution in [1.82, 2.24) is 4.98 Å². The van der Waals surface area contributed by atoms with Crippen LogP contribution in [0.25, 0.3) is 31.6 Å². The van der Waals surface area contributed by atoms with Crippen molar-refractivity contribution in [2.24, 2.45) is 0 Å². The van der Waals surface area contributed by atoms with Crippen LogP contribution in [0.5, 0.6) is 5.75 Å². The second-order valence-corrected chi connectivity index (χ2v) is 9.74. The molecular weight excluding hydrogens is 442 g/mol. The molecular formula is C29H25NO3S. The van der Waals surface area contributed by atoms with E-state index in [0.29, 0.717) is 22.3 Å². The quantitative estimate of drug-likeness (QED) is 0.309. The Kier molecular flexibility index (Phi) is 5.58. The number of aromatic nitrogens is 1. The lowest BCUT2D eigenvalue weighted by Crippen LogP contribution is -2.04. The molecule has 2 aromatic carbocycles. The lowest BCUT2D eigenvalue weighted by Gasteiger charge is -2.16. The second-order valence-electron chi connectivity index (χ2n) is 8.69. The topological polar surface area (TPSA) is 59.4 Å². The fourth-order valence-electron chi connectivity index (χ4n) is 4.36. The number of allylic oxidation sites excluding steroid dienone is 6. The molecule has 0 amide bonds. The summed E-state index contributed by atoms with van der Waals surface area (Å²) >= 11 is 1.64. The summed E-state index contributed by atoms with van der Waals surface area (Å²) in [6.45, 7) is 8.01. The summed E-state index contributed by atoms with van der Waals surface area (Å²) in [4.78, 5) is 18.4. The first-order chi connectivity index (χ1) is 16.3. The van der Waals surface area contributed by atoms with E-state index in [-0.39, 0.29) is 5.56 Å². The molecule has 5 rings (SSSR count). The molecule has 0 atom stereocenters. The van der Waals surface area contributed by atoms with Crippen LogP contribution in [0.1, 0.15) is 41.8 Å². The van der Waals surface area contributed by atoms with Crippen molar-refractivity contribution in [3.63, 3.8) is 0 Å². The highest BCUT2D eigenvalue weighted by molar-refractivity contribution is 7.22. The monoisotopic (exact) mass is 467 g/mol. The maximum atomic E-state index is 12.4. The molecule has 4 aromatic rings. The van der Waals surface area contributed by atoms with Gasteiger partial charge < -0.3 is 9.84 Å². The molecule has 1 N–H and O–H groups in total. The Bertz CT molecular complexity index is 1570. The van der Waals surface area contributed by atoms with Gasteiger partial charge in [-0.05, 0) is 74.4 Å². The van der Waals surface area contributed by atoms with Crippen molar-refractivity contribution >= 4 is 38.3 Å². The molecule has 1 aliphatic rings. The highest BCUT2D eigenvalue weighted by atomic mass is 32.1. The fraction of sp³-hybridized carbons (Fsp3) is 0.172. The molecule has 4 nitrogen and oxygen atoms in total. The molecule has 1 aliphatic carbocycles. The van der Waals surface area contributed by atoms with Crippen LogP contribution in [-0.2, 0) is 0 Å². The van der Waals surface area contributed by atoms with E-state index in [9.17, 15) is 9.90 Å². The largest absolute Gasteiger partial charge is 0.478 e. The maximum absolute atomic E-state index is 12.4. The van der Waals surface area contributed by atoms with Gasteiger partial charge in [0.2, 0.25) is 0 Å². The van der Waals surface area contributed by atoms with Gasteiger partial charge in [-0.3, -0.25) is 0 Å². The number of benzene rings is 2. The number of carboxylic acid groups (broad SMARTS) is 1. The molecule has 170 valence electrons. The number of aromatic carboxylic acids is 1. The Hall–Kier alpha value is -3.70. The second kappa shape index (κ2) is 8.58. The summed E-state index contributed by atoms with van der Waals surface area (Å²) < 4.78 is 7.43. The first kappa shape index (κ1) is 22.1. The average Bonchev–Trinajstić information content (AvgIpc) is 3.17. The normalized spacial score (nSPS) is 15.0. The first-order valence-electron chi connectivity index (χ1n) is 11.2. The van der Waals surface area contributed by atoms with Crippen molar-refractivity contribution in [3.05, 3.63) is 94.3 Å². The van der Waals surface area contributed by atoms with Gasteiger partial charge in [-0.2, -0.15) is 0 Å². The smallest absolute Gasteiger partial charge is 0.336 e. The Morgan fingerprint density at radius 3 is 2.59 bits per heavy atom. The van der Waals surface area contributed by atoms with E-state index in [2.05, 4.69) is 44.2 Å². The maximum Gasteiger partial charge on any atom is 0.336 e. The number of thiophene rings is 1. The molecule has 0 aliphatic heterocycles. The van der Waals surface area contributed by atoms with E-state index in [1.165, 1.54) is 11.0 Å². The number of aryl methyl sites for hydroxylation is 2. The molecule has 0 saturated carbocycles. The Morgan fingerprint density at radius 2 is 1.88 bits per heavy atom. The number of fused-ring (bicyclic) bond motifs is 2. The van der Waals surface area contributed by atoms with Crippen molar-refractivity contribution < 1.29 is 14.6 Å². The van der Waals surface area contributed by atoms with Gasteiger partial charge in [0.1, 0.15) is 11.5 Å². The van der Waals surface area contributed by atoms with E-state index in [0.717, 1.165) is 38.5 Å². The zero-order valence-corrected chi connectivity index (χ0v) is 20.4. The summed E-state index contributed by atoms with van der Waals surface area (Å²) in [6.07, 6.45) is 7.05.